The van der Waals surface area contributed by atoms with Gasteiger partial charge in [-0.3, -0.25) is 0 Å². The van der Waals surface area contributed by atoms with Crippen molar-refractivity contribution in [3.8, 4) is 0 Å². The van der Waals surface area contributed by atoms with E-state index in [1.165, 1.54) is 16.9 Å². The summed E-state index contributed by atoms with van der Waals surface area (Å²) in [5, 5.41) is 9.14. The number of methoxy groups -OCH3 is 1. The molecule has 39 heavy (non-hydrogen) atoms. The Bertz CT molecular complexity index is 1450. The summed E-state index contributed by atoms with van der Waals surface area (Å²) in [6, 6.07) is -0.746. The van der Waals surface area contributed by atoms with E-state index in [0.29, 0.717) is 36.5 Å². The maximum absolute atomic E-state index is 14.2. The number of ether oxygens (including phenoxy) is 2. The molecule has 5 rings (SSSR count). The Balaban J connectivity index is 1.65. The molecule has 1 saturated carbocycles. The van der Waals surface area contributed by atoms with Crippen molar-refractivity contribution in [1.29, 1.82) is 0 Å². The molecule has 1 aliphatic carbocycles. The summed E-state index contributed by atoms with van der Waals surface area (Å²) in [6.45, 7) is 12.3. The molecular weight excluding hydrogens is 547 g/mol. The Hall–Kier alpha value is -3.27. The van der Waals surface area contributed by atoms with Gasteiger partial charge < -0.3 is 4.74 Å². The number of carbonyl (C=O) groups is 2. The van der Waals surface area contributed by atoms with E-state index in [2.05, 4.69) is 36.7 Å². The quantitative estimate of drug-likeness (QED) is 0.301. The standard InChI is InChI=1S/C27H34N6O5.Ni/c1-8-16(9-2)33-28-20-23(34)22(21-15(3)14-19(25(35)37-7)32(21)24(20)29-33)30-12-13-31(18-11-10-17(18)30)26(36)38-27(4,5)6;/h1,8-9,15,17-19H,2,10-14H2,3-7H3;/b16-8+;/t15?,17-,18-,19?;/m0./s1. The van der Waals surface area contributed by atoms with E-state index in [1.54, 1.807) is 17.1 Å². The maximum atomic E-state index is 14.2. The molecule has 0 N–H and O–H groups in total. The molecule has 212 valence electrons. The van der Waals surface area contributed by atoms with Crippen LogP contribution in [0.4, 0.5) is 10.5 Å². The van der Waals surface area contributed by atoms with Crippen LogP contribution in [-0.4, -0.2) is 79.4 Å². The van der Waals surface area contributed by atoms with Crippen molar-refractivity contribution >= 4 is 39.6 Å². The molecule has 0 bridgehead atoms. The molecule has 2 unspecified atom stereocenters. The van der Waals surface area contributed by atoms with Crippen LogP contribution < -0.4 is 10.3 Å². The molecule has 2 fully saturated rings. The summed E-state index contributed by atoms with van der Waals surface area (Å²) in [4.78, 5) is 46.7. The molecule has 0 spiro atoms. The fraction of sp³-hybridized carbons (Fsp3) is 0.556. The fourth-order valence-electron chi connectivity index (χ4n) is 5.97. The number of nitrogens with zero attached hydrogens (tertiary/aromatic N) is 6. The van der Waals surface area contributed by atoms with Crippen LogP contribution in [0.15, 0.2) is 23.5 Å². The Labute approximate surface area is 234 Å². The van der Waals surface area contributed by atoms with Crippen molar-refractivity contribution in [3.05, 3.63) is 34.6 Å². The van der Waals surface area contributed by atoms with Crippen LogP contribution in [0.5, 0.6) is 0 Å². The van der Waals surface area contributed by atoms with Crippen LogP contribution >= 0.6 is 0 Å². The van der Waals surface area contributed by atoms with Gasteiger partial charge in [0.15, 0.2) is 0 Å². The molecule has 4 heterocycles. The number of piperazine rings is 1. The number of aromatic nitrogens is 4. The molecule has 2 aliphatic heterocycles. The zero-order chi connectivity index (χ0) is 28.2. The van der Waals surface area contributed by atoms with E-state index in [4.69, 9.17) is 9.47 Å². The molecular formula is C27H34N6NiO5. The number of esters is 1. The first-order chi connectivity index (χ1) is 18.5. The molecule has 12 heteroatoms. The van der Waals surface area contributed by atoms with E-state index in [9.17, 15) is 14.4 Å². The Morgan fingerprint density at radius 3 is 2.46 bits per heavy atom. The minimum absolute atomic E-state index is 0.0412. The predicted octanol–water partition coefficient (Wildman–Crippen LogP) is 2.78. The monoisotopic (exact) mass is 580 g/mol. The van der Waals surface area contributed by atoms with E-state index >= 15 is 0 Å². The predicted molar refractivity (Wildman–Crippen MR) is 144 cm³/mol. The average molecular weight is 581 g/mol. The van der Waals surface area contributed by atoms with Gasteiger partial charge in [-0.05, 0) is 20.8 Å². The number of carbonyl (C=O) groups excluding carboxylic acids is 2. The Morgan fingerprint density at radius 2 is 1.87 bits per heavy atom. The number of rotatable bonds is 5. The zero-order valence-electron chi connectivity index (χ0n) is 22.8. The third kappa shape index (κ3) is 4.52. The van der Waals surface area contributed by atoms with Crippen LogP contribution in [0.3, 0.4) is 0 Å². The number of hydrogen-bond donors (Lipinski definition) is 0. The number of anilines is 1. The van der Waals surface area contributed by atoms with Crippen molar-refractivity contribution in [2.45, 2.75) is 76.6 Å². The molecule has 0 aromatic carbocycles. The molecule has 0 radical (unpaired) electrons. The summed E-state index contributed by atoms with van der Waals surface area (Å²) in [5.74, 6) is -0.506. The molecule has 2 aromatic heterocycles. The second-order valence-corrected chi connectivity index (χ2v) is 11.6. The van der Waals surface area contributed by atoms with Gasteiger partial charge >= 0.3 is 199 Å². The van der Waals surface area contributed by atoms with Gasteiger partial charge in [0.2, 0.25) is 0 Å². The van der Waals surface area contributed by atoms with Crippen LogP contribution in [-0.2, 0) is 29.3 Å². The topological polar surface area (TPSA) is 112 Å². The zero-order valence-corrected chi connectivity index (χ0v) is 23.8. The molecule has 4 atom stereocenters. The summed E-state index contributed by atoms with van der Waals surface area (Å²) in [7, 11) is 1.36. The molecule has 1 amide bonds. The molecule has 2 aromatic rings. The van der Waals surface area contributed by atoms with Crippen molar-refractivity contribution in [2.24, 2.45) is 0 Å². The third-order valence-electron chi connectivity index (χ3n) is 7.75. The first kappa shape index (κ1) is 27.3. The van der Waals surface area contributed by atoms with Gasteiger partial charge in [0.05, 0.1) is 0 Å². The van der Waals surface area contributed by atoms with Crippen LogP contribution in [0, 0.1) is 0 Å². The van der Waals surface area contributed by atoms with Crippen molar-refractivity contribution in [2.75, 3.05) is 25.1 Å². The van der Waals surface area contributed by atoms with Gasteiger partial charge in [0.1, 0.15) is 5.60 Å². The van der Waals surface area contributed by atoms with Gasteiger partial charge in [-0.15, -0.1) is 0 Å². The van der Waals surface area contributed by atoms with Gasteiger partial charge in [-0.25, -0.2) is 4.79 Å². The molecule has 11 nitrogen and oxygen atoms in total. The van der Waals surface area contributed by atoms with Crippen LogP contribution in [0.25, 0.3) is 16.9 Å². The second-order valence-electron chi connectivity index (χ2n) is 11.3. The third-order valence-corrected chi connectivity index (χ3v) is 7.91. The SMILES string of the molecule is C=C/C(=C\[CH]=[Ni])n1nc2c(=O)c(N3CCN(C(=O)OC(C)(C)C)[C@H]4CC[C@@H]43)c3n(c2n1)C(C(=O)OC)CC3C. The van der Waals surface area contributed by atoms with E-state index in [-0.39, 0.29) is 35.0 Å². The van der Waals surface area contributed by atoms with Gasteiger partial charge in [0, 0.05) is 0 Å². The average Bonchev–Trinajstić information content (AvgIpc) is 3.44. The Kier molecular flexibility index (Phi) is 7.03. The van der Waals surface area contributed by atoms with Crippen molar-refractivity contribution in [3.63, 3.8) is 0 Å². The second kappa shape index (κ2) is 10.0. The first-order valence-electron chi connectivity index (χ1n) is 13.1. The van der Waals surface area contributed by atoms with Crippen LogP contribution in [0.1, 0.15) is 64.6 Å². The van der Waals surface area contributed by atoms with Crippen LogP contribution in [0.2, 0.25) is 0 Å². The summed E-state index contributed by atoms with van der Waals surface area (Å²) in [5.41, 5.74) is 1.41. The van der Waals surface area contributed by atoms with Gasteiger partial charge in [-0.2, -0.15) is 0 Å². The first-order valence-corrected chi connectivity index (χ1v) is 13.7. The number of pyridine rings is 1. The van der Waals surface area contributed by atoms with Crippen molar-refractivity contribution < 1.29 is 34.1 Å². The fourth-order valence-corrected chi connectivity index (χ4v) is 6.14. The van der Waals surface area contributed by atoms with Gasteiger partial charge in [-0.1, -0.05) is 0 Å². The number of hydrogen-bond acceptors (Lipinski definition) is 8. The number of allylic oxidation sites excluding steroid dienone is 3. The normalized spacial score (nSPS) is 24.6. The Morgan fingerprint density at radius 1 is 1.15 bits per heavy atom. The van der Waals surface area contributed by atoms with E-state index in [0.717, 1.165) is 18.5 Å². The minimum atomic E-state index is -0.642. The van der Waals surface area contributed by atoms with Crippen molar-refractivity contribution in [1.82, 2.24) is 24.5 Å². The van der Waals surface area contributed by atoms with Gasteiger partial charge in [0.25, 0.3) is 0 Å². The molecule has 1 saturated heterocycles. The summed E-state index contributed by atoms with van der Waals surface area (Å²) >= 11 is 4.66. The summed E-state index contributed by atoms with van der Waals surface area (Å²) < 4.78 is 12.6. The number of amides is 1. The summed E-state index contributed by atoms with van der Waals surface area (Å²) in [6.07, 6.45) is 5.00. The van der Waals surface area contributed by atoms with E-state index < -0.39 is 17.6 Å². The number of fused-ring (bicyclic) bond motifs is 4. The van der Waals surface area contributed by atoms with E-state index in [1.807, 2.05) is 32.3 Å². The molecule has 3 aliphatic rings.